The summed E-state index contributed by atoms with van der Waals surface area (Å²) in [6, 6.07) is 9.91. The molecule has 1 unspecified atom stereocenters. The summed E-state index contributed by atoms with van der Waals surface area (Å²) in [5.41, 5.74) is 2.69. The van der Waals surface area contributed by atoms with Crippen LogP contribution in [0.2, 0.25) is 0 Å². The van der Waals surface area contributed by atoms with Gasteiger partial charge in [0, 0.05) is 33.7 Å². The van der Waals surface area contributed by atoms with Gasteiger partial charge in [-0.05, 0) is 17.7 Å². The average Bonchev–Trinajstić information content (AvgIpc) is 2.64. The standard InChI is InChI=1S/C13H9NO3S/c15-13-9-2-1-3-11(18)12(9)8-5-4-7(14(16)17)6-10(8)13/h1-6,14,16,18H. The molecule has 0 saturated heterocycles. The highest BCUT2D eigenvalue weighted by molar-refractivity contribution is 7.80. The summed E-state index contributed by atoms with van der Waals surface area (Å²) < 4.78 is 0. The van der Waals surface area contributed by atoms with Crippen molar-refractivity contribution in [3.05, 3.63) is 52.7 Å². The fraction of sp³-hybridized carbons (Fsp3) is 0. The second-order valence-electron chi connectivity index (χ2n) is 4.09. The lowest BCUT2D eigenvalue weighted by atomic mass is 10.1. The Morgan fingerprint density at radius 2 is 1.89 bits per heavy atom. The first-order chi connectivity index (χ1) is 8.59. The van der Waals surface area contributed by atoms with E-state index in [0.717, 1.165) is 16.0 Å². The second kappa shape index (κ2) is 3.93. The van der Waals surface area contributed by atoms with Gasteiger partial charge in [-0.15, -0.1) is 12.6 Å². The number of hydrogen-bond donors (Lipinski definition) is 3. The van der Waals surface area contributed by atoms with Crippen molar-refractivity contribution in [2.75, 3.05) is 0 Å². The highest BCUT2D eigenvalue weighted by atomic mass is 32.1. The molecule has 2 aromatic carbocycles. The van der Waals surface area contributed by atoms with Crippen LogP contribution in [0.1, 0.15) is 15.9 Å². The maximum absolute atomic E-state index is 12.2. The topological polar surface area (TPSA) is 64.8 Å². The van der Waals surface area contributed by atoms with Crippen LogP contribution in [-0.2, 0) is 0 Å². The number of thiol groups is 1. The molecule has 4 nitrogen and oxygen atoms in total. The summed E-state index contributed by atoms with van der Waals surface area (Å²) in [7, 11) is 0. The first kappa shape index (κ1) is 11.4. The fourth-order valence-electron chi connectivity index (χ4n) is 2.24. The van der Waals surface area contributed by atoms with Gasteiger partial charge in [0.1, 0.15) is 0 Å². The normalized spacial score (nSPS) is 14.3. The van der Waals surface area contributed by atoms with Crippen LogP contribution in [0.3, 0.4) is 0 Å². The van der Waals surface area contributed by atoms with E-state index in [-0.39, 0.29) is 11.5 Å². The van der Waals surface area contributed by atoms with Crippen molar-refractivity contribution in [2.45, 2.75) is 4.90 Å². The molecule has 1 aliphatic carbocycles. The summed E-state index contributed by atoms with van der Waals surface area (Å²) in [6.07, 6.45) is 0. The Kier molecular flexibility index (Phi) is 2.49. The predicted octanol–water partition coefficient (Wildman–Crippen LogP) is 1.59. The number of ketones is 1. The first-order valence-electron chi connectivity index (χ1n) is 5.34. The van der Waals surface area contributed by atoms with E-state index in [9.17, 15) is 10.0 Å². The van der Waals surface area contributed by atoms with Gasteiger partial charge in [-0.1, -0.05) is 12.1 Å². The molecular formula is C13H9NO3S. The van der Waals surface area contributed by atoms with E-state index in [1.165, 1.54) is 12.1 Å². The van der Waals surface area contributed by atoms with Crippen molar-refractivity contribution in [3.63, 3.8) is 0 Å². The zero-order valence-electron chi connectivity index (χ0n) is 9.18. The van der Waals surface area contributed by atoms with E-state index < -0.39 is 5.23 Å². The van der Waals surface area contributed by atoms with Crippen molar-refractivity contribution in [1.29, 1.82) is 0 Å². The summed E-state index contributed by atoms with van der Waals surface area (Å²) in [4.78, 5) is 12.9. The van der Waals surface area contributed by atoms with Crippen molar-refractivity contribution in [1.82, 2.24) is 0 Å². The average molecular weight is 259 g/mol. The van der Waals surface area contributed by atoms with Crippen LogP contribution in [-0.4, -0.2) is 11.0 Å². The van der Waals surface area contributed by atoms with Crippen molar-refractivity contribution < 1.29 is 15.2 Å². The second-order valence-corrected chi connectivity index (χ2v) is 4.58. The molecule has 0 spiro atoms. The number of hydrogen-bond acceptors (Lipinski definition) is 4. The minimum atomic E-state index is -1.03. The highest BCUT2D eigenvalue weighted by Crippen LogP contribution is 2.40. The van der Waals surface area contributed by atoms with E-state index >= 15 is 0 Å². The molecule has 0 aliphatic heterocycles. The largest absolute Gasteiger partial charge is 0.595 e. The number of benzene rings is 2. The van der Waals surface area contributed by atoms with Crippen LogP contribution in [0.4, 0.5) is 5.69 Å². The SMILES string of the molecule is O=C1c2cc([NH+]([O-])O)ccc2-c2c(S)cccc21. The van der Waals surface area contributed by atoms with Crippen LogP contribution >= 0.6 is 12.6 Å². The number of fused-ring (bicyclic) bond motifs is 3. The Bertz CT molecular complexity index is 667. The van der Waals surface area contributed by atoms with Crippen LogP contribution in [0, 0.1) is 5.21 Å². The lowest BCUT2D eigenvalue weighted by molar-refractivity contribution is -0.991. The maximum atomic E-state index is 12.2. The molecule has 0 bridgehead atoms. The third-order valence-electron chi connectivity index (χ3n) is 3.07. The Balaban J connectivity index is 2.28. The molecule has 2 aromatic rings. The smallest absolute Gasteiger partial charge is 0.194 e. The first-order valence-corrected chi connectivity index (χ1v) is 5.78. The zero-order chi connectivity index (χ0) is 12.9. The molecule has 0 saturated carbocycles. The summed E-state index contributed by atoms with van der Waals surface area (Å²) in [5.74, 6) is -0.140. The fourth-order valence-corrected chi connectivity index (χ4v) is 2.57. The molecule has 0 fully saturated rings. The van der Waals surface area contributed by atoms with Crippen molar-refractivity contribution in [3.8, 4) is 11.1 Å². The van der Waals surface area contributed by atoms with Crippen molar-refractivity contribution >= 4 is 24.1 Å². The van der Waals surface area contributed by atoms with Gasteiger partial charge in [-0.25, -0.2) is 5.21 Å². The van der Waals surface area contributed by atoms with Gasteiger partial charge in [0.2, 0.25) is 0 Å². The highest BCUT2D eigenvalue weighted by Gasteiger charge is 2.28. The molecule has 5 heteroatoms. The molecule has 2 N–H and O–H groups in total. The molecule has 0 aromatic heterocycles. The van der Waals surface area contributed by atoms with Crippen molar-refractivity contribution in [2.24, 2.45) is 0 Å². The summed E-state index contributed by atoms with van der Waals surface area (Å²) in [5, 5.41) is 18.8. The van der Waals surface area contributed by atoms with Gasteiger partial charge in [-0.2, -0.15) is 5.23 Å². The number of quaternary nitrogens is 1. The Morgan fingerprint density at radius 1 is 1.11 bits per heavy atom. The third kappa shape index (κ3) is 1.49. The van der Waals surface area contributed by atoms with Crippen LogP contribution in [0.15, 0.2) is 41.3 Å². The molecule has 18 heavy (non-hydrogen) atoms. The predicted molar refractivity (Wildman–Crippen MR) is 68.3 cm³/mol. The van der Waals surface area contributed by atoms with E-state index in [0.29, 0.717) is 11.1 Å². The van der Waals surface area contributed by atoms with E-state index in [1.807, 2.05) is 6.07 Å². The van der Waals surface area contributed by atoms with Gasteiger partial charge in [0.15, 0.2) is 11.5 Å². The molecule has 1 atom stereocenters. The Hall–Kier alpha value is -1.66. The van der Waals surface area contributed by atoms with E-state index in [4.69, 9.17) is 5.21 Å². The lowest BCUT2D eigenvalue weighted by Gasteiger charge is -2.12. The van der Waals surface area contributed by atoms with Crippen LogP contribution in [0.25, 0.3) is 11.1 Å². The molecule has 0 heterocycles. The molecular weight excluding hydrogens is 250 g/mol. The minimum Gasteiger partial charge on any atom is -0.595 e. The molecule has 0 radical (unpaired) electrons. The Labute approximate surface area is 108 Å². The van der Waals surface area contributed by atoms with Gasteiger partial charge in [0.25, 0.3) is 0 Å². The van der Waals surface area contributed by atoms with Gasteiger partial charge in [-0.3, -0.25) is 4.79 Å². The van der Waals surface area contributed by atoms with Gasteiger partial charge in [0.05, 0.1) is 0 Å². The molecule has 1 aliphatic rings. The summed E-state index contributed by atoms with van der Waals surface area (Å²) in [6.45, 7) is 0. The molecule has 90 valence electrons. The number of nitrogens with one attached hydrogen (secondary N) is 1. The third-order valence-corrected chi connectivity index (χ3v) is 3.44. The minimum absolute atomic E-state index is 0.121. The lowest BCUT2D eigenvalue weighted by Crippen LogP contribution is -2.99. The quantitative estimate of drug-likeness (QED) is 0.459. The van der Waals surface area contributed by atoms with E-state index in [1.54, 1.807) is 18.2 Å². The van der Waals surface area contributed by atoms with Gasteiger partial charge >= 0.3 is 0 Å². The molecule has 3 rings (SSSR count). The van der Waals surface area contributed by atoms with Crippen LogP contribution < -0.4 is 5.23 Å². The summed E-state index contributed by atoms with van der Waals surface area (Å²) >= 11 is 4.35. The Morgan fingerprint density at radius 3 is 2.61 bits per heavy atom. The van der Waals surface area contributed by atoms with Crippen LogP contribution in [0.5, 0.6) is 0 Å². The number of carbonyl (C=O) groups is 1. The maximum Gasteiger partial charge on any atom is 0.194 e. The van der Waals surface area contributed by atoms with E-state index in [2.05, 4.69) is 12.6 Å². The molecule has 0 amide bonds. The number of rotatable bonds is 1. The number of carbonyl (C=O) groups excluding carboxylic acids is 1. The monoisotopic (exact) mass is 259 g/mol. The zero-order valence-corrected chi connectivity index (χ0v) is 10.1. The van der Waals surface area contributed by atoms with Gasteiger partial charge < -0.3 is 5.21 Å².